The van der Waals surface area contributed by atoms with E-state index in [4.69, 9.17) is 16.3 Å². The van der Waals surface area contributed by atoms with E-state index in [1.54, 1.807) is 10.7 Å². The Morgan fingerprint density at radius 2 is 1.93 bits per heavy atom. The standard InChI is InChI=1S/C22H20ClN5O2/c23-15-5-7-16(8-6-15)28-14-19(25-26-28)17-3-1-4-18-20(29)13-21(24-22(17)18)27-9-2-11-30-12-10-27/h1,3-8,13-14H,2,9-12H2,(H,24,29). The fourth-order valence-corrected chi connectivity index (χ4v) is 3.86. The number of ether oxygens (including phenoxy) is 1. The summed E-state index contributed by atoms with van der Waals surface area (Å²) in [5.74, 6) is 0.801. The van der Waals surface area contributed by atoms with Crippen LogP contribution in [-0.2, 0) is 4.74 Å². The lowest BCUT2D eigenvalue weighted by atomic mass is 10.1. The second-order valence-electron chi connectivity index (χ2n) is 7.22. The summed E-state index contributed by atoms with van der Waals surface area (Å²) in [7, 11) is 0. The lowest BCUT2D eigenvalue weighted by molar-refractivity contribution is 0.152. The van der Waals surface area contributed by atoms with Crippen LogP contribution in [0.1, 0.15) is 6.42 Å². The van der Waals surface area contributed by atoms with E-state index in [0.29, 0.717) is 22.7 Å². The van der Waals surface area contributed by atoms with E-state index in [1.807, 2.05) is 48.7 Å². The van der Waals surface area contributed by atoms with Gasteiger partial charge in [0.05, 0.1) is 24.0 Å². The van der Waals surface area contributed by atoms with Crippen LogP contribution < -0.4 is 10.3 Å². The minimum Gasteiger partial charge on any atom is -0.380 e. The van der Waals surface area contributed by atoms with Crippen molar-refractivity contribution < 1.29 is 4.74 Å². The Balaban J connectivity index is 1.59. The maximum atomic E-state index is 12.8. The van der Waals surface area contributed by atoms with Gasteiger partial charge >= 0.3 is 0 Å². The second kappa shape index (κ2) is 7.93. The van der Waals surface area contributed by atoms with Crippen LogP contribution in [-0.4, -0.2) is 46.3 Å². The van der Waals surface area contributed by atoms with E-state index in [9.17, 15) is 4.79 Å². The number of rotatable bonds is 3. The Morgan fingerprint density at radius 1 is 1.07 bits per heavy atom. The summed E-state index contributed by atoms with van der Waals surface area (Å²) in [5.41, 5.74) is 3.11. The van der Waals surface area contributed by atoms with E-state index < -0.39 is 0 Å². The number of pyridine rings is 1. The molecule has 1 aliphatic heterocycles. The number of aromatic amines is 1. The fraction of sp³-hybridized carbons (Fsp3) is 0.227. The van der Waals surface area contributed by atoms with Crippen LogP contribution in [0.3, 0.4) is 0 Å². The maximum Gasteiger partial charge on any atom is 0.191 e. The molecule has 30 heavy (non-hydrogen) atoms. The van der Waals surface area contributed by atoms with Crippen molar-refractivity contribution in [2.75, 3.05) is 31.2 Å². The molecule has 152 valence electrons. The lowest BCUT2D eigenvalue weighted by Crippen LogP contribution is -2.28. The molecule has 0 spiro atoms. The van der Waals surface area contributed by atoms with Crippen LogP contribution in [0, 0.1) is 0 Å². The number of hydrogen-bond donors (Lipinski definition) is 1. The van der Waals surface area contributed by atoms with Gasteiger partial charge in [-0.2, -0.15) is 0 Å². The van der Waals surface area contributed by atoms with Gasteiger partial charge in [-0.1, -0.05) is 28.9 Å². The molecule has 1 saturated heterocycles. The fourth-order valence-electron chi connectivity index (χ4n) is 3.74. The van der Waals surface area contributed by atoms with Gasteiger partial charge in [-0.3, -0.25) is 4.79 Å². The third-order valence-electron chi connectivity index (χ3n) is 5.27. The molecule has 2 aromatic heterocycles. The molecule has 2 aromatic carbocycles. The Kier molecular flexibility index (Phi) is 4.98. The van der Waals surface area contributed by atoms with E-state index in [-0.39, 0.29) is 5.43 Å². The van der Waals surface area contributed by atoms with Crippen LogP contribution in [0.2, 0.25) is 5.02 Å². The van der Waals surface area contributed by atoms with E-state index in [1.165, 1.54) is 0 Å². The number of anilines is 1. The molecular weight excluding hydrogens is 402 g/mol. The molecule has 0 amide bonds. The molecule has 8 heteroatoms. The number of H-pyrrole nitrogens is 1. The SMILES string of the molecule is O=c1cc(N2CCCOCC2)[nH]c2c(-c3cn(-c4ccc(Cl)cc4)nn3)cccc12. The average molecular weight is 422 g/mol. The van der Waals surface area contributed by atoms with Gasteiger partial charge in [0, 0.05) is 41.7 Å². The molecule has 7 nitrogen and oxygen atoms in total. The minimum absolute atomic E-state index is 0.0177. The summed E-state index contributed by atoms with van der Waals surface area (Å²) in [6.45, 7) is 2.98. The number of nitrogens with one attached hydrogen (secondary N) is 1. The number of para-hydroxylation sites is 1. The number of halogens is 1. The number of benzene rings is 2. The first-order valence-electron chi connectivity index (χ1n) is 9.86. The summed E-state index contributed by atoms with van der Waals surface area (Å²) in [6.07, 6.45) is 2.78. The van der Waals surface area contributed by atoms with Crippen LogP contribution in [0.15, 0.2) is 59.5 Å². The molecule has 1 aliphatic rings. The molecule has 0 aliphatic carbocycles. The van der Waals surface area contributed by atoms with Gasteiger partial charge < -0.3 is 14.6 Å². The maximum absolute atomic E-state index is 12.8. The topological polar surface area (TPSA) is 76.0 Å². The summed E-state index contributed by atoms with van der Waals surface area (Å²) >= 11 is 5.98. The van der Waals surface area contributed by atoms with E-state index in [0.717, 1.165) is 48.7 Å². The van der Waals surface area contributed by atoms with Crippen molar-refractivity contribution in [3.63, 3.8) is 0 Å². The summed E-state index contributed by atoms with van der Waals surface area (Å²) < 4.78 is 7.24. The first-order valence-corrected chi connectivity index (χ1v) is 10.2. The number of aromatic nitrogens is 4. The predicted molar refractivity (Wildman–Crippen MR) is 118 cm³/mol. The third-order valence-corrected chi connectivity index (χ3v) is 5.53. The summed E-state index contributed by atoms with van der Waals surface area (Å²) in [5, 5.41) is 9.89. The van der Waals surface area contributed by atoms with Crippen LogP contribution >= 0.6 is 11.6 Å². The van der Waals surface area contributed by atoms with Crippen molar-refractivity contribution in [2.45, 2.75) is 6.42 Å². The molecule has 0 unspecified atom stereocenters. The Morgan fingerprint density at radius 3 is 2.80 bits per heavy atom. The number of nitrogens with zero attached hydrogens (tertiary/aromatic N) is 4. The molecule has 0 saturated carbocycles. The lowest BCUT2D eigenvalue weighted by Gasteiger charge is -2.22. The largest absolute Gasteiger partial charge is 0.380 e. The van der Waals surface area contributed by atoms with Crippen molar-refractivity contribution in [1.29, 1.82) is 0 Å². The second-order valence-corrected chi connectivity index (χ2v) is 7.66. The van der Waals surface area contributed by atoms with Crippen LogP contribution in [0.5, 0.6) is 0 Å². The summed E-state index contributed by atoms with van der Waals surface area (Å²) in [4.78, 5) is 18.5. The van der Waals surface area contributed by atoms with Gasteiger partial charge in [0.15, 0.2) is 5.43 Å². The quantitative estimate of drug-likeness (QED) is 0.546. The highest BCUT2D eigenvalue weighted by Gasteiger charge is 2.16. The number of fused-ring (bicyclic) bond motifs is 1. The van der Waals surface area contributed by atoms with Gasteiger partial charge in [0.1, 0.15) is 11.5 Å². The van der Waals surface area contributed by atoms with Crippen molar-refractivity contribution in [2.24, 2.45) is 0 Å². The molecular formula is C22H20ClN5O2. The monoisotopic (exact) mass is 421 g/mol. The molecule has 0 bridgehead atoms. The van der Waals surface area contributed by atoms with E-state index in [2.05, 4.69) is 20.2 Å². The van der Waals surface area contributed by atoms with Crippen LogP contribution in [0.4, 0.5) is 5.82 Å². The zero-order chi connectivity index (χ0) is 20.5. The smallest absolute Gasteiger partial charge is 0.191 e. The molecule has 5 rings (SSSR count). The molecule has 4 aromatic rings. The van der Waals surface area contributed by atoms with Crippen molar-refractivity contribution in [3.05, 3.63) is 70.0 Å². The van der Waals surface area contributed by atoms with Gasteiger partial charge in [-0.25, -0.2) is 4.68 Å². The summed E-state index contributed by atoms with van der Waals surface area (Å²) in [6, 6.07) is 14.7. The zero-order valence-electron chi connectivity index (χ0n) is 16.2. The zero-order valence-corrected chi connectivity index (χ0v) is 17.0. The van der Waals surface area contributed by atoms with Gasteiger partial charge in [-0.05, 0) is 36.8 Å². The highest BCUT2D eigenvalue weighted by molar-refractivity contribution is 6.30. The Hall–Kier alpha value is -3.16. The van der Waals surface area contributed by atoms with Crippen LogP contribution in [0.25, 0.3) is 27.8 Å². The molecule has 0 atom stereocenters. The van der Waals surface area contributed by atoms with Crippen molar-refractivity contribution in [3.8, 4) is 16.9 Å². The Labute approximate surface area is 177 Å². The van der Waals surface area contributed by atoms with Crippen molar-refractivity contribution >= 4 is 28.3 Å². The molecule has 0 radical (unpaired) electrons. The molecule has 3 heterocycles. The Bertz CT molecular complexity index is 1240. The normalized spacial score (nSPS) is 14.8. The minimum atomic E-state index is -0.0177. The third kappa shape index (κ3) is 3.58. The number of hydrogen-bond acceptors (Lipinski definition) is 5. The molecule has 1 fully saturated rings. The highest BCUT2D eigenvalue weighted by Crippen LogP contribution is 2.27. The van der Waals surface area contributed by atoms with Gasteiger partial charge in [0.2, 0.25) is 0 Å². The highest BCUT2D eigenvalue weighted by atomic mass is 35.5. The first-order chi connectivity index (χ1) is 14.7. The first kappa shape index (κ1) is 18.8. The average Bonchev–Trinajstić information content (AvgIpc) is 3.08. The molecule has 1 N–H and O–H groups in total. The predicted octanol–water partition coefficient (Wildman–Crippen LogP) is 3.66. The van der Waals surface area contributed by atoms with E-state index >= 15 is 0 Å². The van der Waals surface area contributed by atoms with Gasteiger partial charge in [0.25, 0.3) is 0 Å². The van der Waals surface area contributed by atoms with Gasteiger partial charge in [-0.15, -0.1) is 5.10 Å². The van der Waals surface area contributed by atoms with Crippen molar-refractivity contribution in [1.82, 2.24) is 20.0 Å².